The van der Waals surface area contributed by atoms with Crippen LogP contribution in [0.15, 0.2) is 57.9 Å². The lowest BCUT2D eigenvalue weighted by Gasteiger charge is -2.13. The molecule has 0 fully saturated rings. The predicted octanol–water partition coefficient (Wildman–Crippen LogP) is 2.72. The highest BCUT2D eigenvalue weighted by Gasteiger charge is 2.18. The maximum atomic E-state index is 12.5. The van der Waals surface area contributed by atoms with E-state index < -0.39 is 9.84 Å². The van der Waals surface area contributed by atoms with Crippen molar-refractivity contribution < 1.29 is 18.0 Å². The molecule has 1 amide bonds. The van der Waals surface area contributed by atoms with Gasteiger partial charge in [0.05, 0.1) is 12.0 Å². The molecule has 0 aliphatic heterocycles. The van der Waals surface area contributed by atoms with Crippen molar-refractivity contribution in [1.82, 2.24) is 5.06 Å². The van der Waals surface area contributed by atoms with Gasteiger partial charge in [-0.2, -0.15) is 0 Å². The van der Waals surface area contributed by atoms with Gasteiger partial charge in [-0.15, -0.1) is 0 Å². The Bertz CT molecular complexity index is 675. The summed E-state index contributed by atoms with van der Waals surface area (Å²) in [5.41, 5.74) is 0.388. The third kappa shape index (κ3) is 4.29. The summed E-state index contributed by atoms with van der Waals surface area (Å²) in [6.45, 7) is 3.37. The van der Waals surface area contributed by atoms with E-state index in [1.165, 1.54) is 26.3 Å². The quantitative estimate of drug-likeness (QED) is 0.459. The lowest BCUT2D eigenvalue weighted by Crippen LogP contribution is -2.25. The van der Waals surface area contributed by atoms with Gasteiger partial charge in [-0.1, -0.05) is 31.2 Å². The molecule has 0 saturated carbocycles. The Balaban J connectivity index is 3.13. The lowest BCUT2D eigenvalue weighted by molar-refractivity contribution is -0.163. The molecule has 1 aromatic rings. The maximum Gasteiger partial charge on any atom is 0.272 e. The summed E-state index contributed by atoms with van der Waals surface area (Å²) in [7, 11) is -0.660. The number of hydrogen-bond acceptors (Lipinski definition) is 4. The minimum Gasteiger partial charge on any atom is -0.274 e. The molecule has 0 atom stereocenters. The Morgan fingerprint density at radius 1 is 1.23 bits per heavy atom. The number of nitrogens with zero attached hydrogens (tertiary/aromatic N) is 1. The Morgan fingerprint density at radius 3 is 2.32 bits per heavy atom. The fourth-order valence-corrected chi connectivity index (χ4v) is 3.21. The molecule has 0 heterocycles. The zero-order chi connectivity index (χ0) is 16.8. The maximum absolute atomic E-state index is 12.5. The molecule has 1 aromatic carbocycles. The first-order valence-corrected chi connectivity index (χ1v) is 8.32. The van der Waals surface area contributed by atoms with Crippen LogP contribution in [0, 0.1) is 0 Å². The van der Waals surface area contributed by atoms with Crippen molar-refractivity contribution in [3.63, 3.8) is 0 Å². The van der Waals surface area contributed by atoms with Gasteiger partial charge in [0.1, 0.15) is 0 Å². The summed E-state index contributed by atoms with van der Waals surface area (Å²) in [4.78, 5) is 17.2. The van der Waals surface area contributed by atoms with E-state index >= 15 is 0 Å². The Kier molecular flexibility index (Phi) is 6.52. The molecule has 6 heteroatoms. The number of hydrogen-bond donors (Lipinski definition) is 0. The van der Waals surface area contributed by atoms with Crippen molar-refractivity contribution in [3.05, 3.63) is 53.0 Å². The van der Waals surface area contributed by atoms with Gasteiger partial charge in [0.15, 0.2) is 0 Å². The van der Waals surface area contributed by atoms with Gasteiger partial charge in [-0.05, 0) is 31.6 Å². The van der Waals surface area contributed by atoms with Crippen LogP contribution in [0.5, 0.6) is 0 Å². The van der Waals surface area contributed by atoms with Crippen LogP contribution >= 0.6 is 0 Å². The van der Waals surface area contributed by atoms with Crippen molar-refractivity contribution >= 4 is 15.7 Å². The van der Waals surface area contributed by atoms with Gasteiger partial charge < -0.3 is 0 Å². The lowest BCUT2D eigenvalue weighted by atomic mass is 10.2. The molecule has 0 spiro atoms. The first-order chi connectivity index (χ1) is 10.3. The first-order valence-electron chi connectivity index (χ1n) is 6.84. The number of sulfone groups is 1. The van der Waals surface area contributed by atoms with Gasteiger partial charge >= 0.3 is 0 Å². The van der Waals surface area contributed by atoms with E-state index in [0.717, 1.165) is 5.06 Å². The number of hydroxylamine groups is 2. The molecule has 5 nitrogen and oxygen atoms in total. The SMILES string of the molecule is CC/C(=C\C=C(\C)C(=O)N(C)OC)S(=O)(=O)c1ccccc1. The van der Waals surface area contributed by atoms with Gasteiger partial charge in [0.2, 0.25) is 9.84 Å². The highest BCUT2D eigenvalue weighted by atomic mass is 32.2. The number of benzene rings is 1. The minimum atomic E-state index is -3.54. The number of amides is 1. The number of rotatable bonds is 6. The molecule has 0 bridgehead atoms. The summed E-state index contributed by atoms with van der Waals surface area (Å²) in [6.07, 6.45) is 3.31. The smallest absolute Gasteiger partial charge is 0.272 e. The Morgan fingerprint density at radius 2 is 1.82 bits per heavy atom. The third-order valence-corrected chi connectivity index (χ3v) is 5.17. The summed E-state index contributed by atoms with van der Waals surface area (Å²) < 4.78 is 25.0. The van der Waals surface area contributed by atoms with E-state index in [1.807, 2.05) is 0 Å². The van der Waals surface area contributed by atoms with Crippen LogP contribution in [0.3, 0.4) is 0 Å². The van der Waals surface area contributed by atoms with Crippen molar-refractivity contribution in [3.8, 4) is 0 Å². The average molecular weight is 323 g/mol. The Labute approximate surface area is 131 Å². The number of allylic oxidation sites excluding steroid dienone is 3. The largest absolute Gasteiger partial charge is 0.274 e. The van der Waals surface area contributed by atoms with Crippen LogP contribution in [0.4, 0.5) is 0 Å². The molecular weight excluding hydrogens is 302 g/mol. The van der Waals surface area contributed by atoms with Crippen LogP contribution in [0.1, 0.15) is 20.3 Å². The number of carbonyl (C=O) groups excluding carboxylic acids is 1. The molecule has 0 unspecified atom stereocenters. The number of likely N-dealkylation sites (N-methyl/N-ethyl adjacent to an activating group) is 1. The summed E-state index contributed by atoms with van der Waals surface area (Å²) in [5, 5.41) is 1.08. The van der Waals surface area contributed by atoms with Crippen LogP contribution in [-0.2, 0) is 19.5 Å². The molecule has 120 valence electrons. The van der Waals surface area contributed by atoms with E-state index in [2.05, 4.69) is 0 Å². The molecule has 22 heavy (non-hydrogen) atoms. The van der Waals surface area contributed by atoms with Crippen LogP contribution < -0.4 is 0 Å². The number of carbonyl (C=O) groups is 1. The highest BCUT2D eigenvalue weighted by molar-refractivity contribution is 7.95. The summed E-state index contributed by atoms with van der Waals surface area (Å²) >= 11 is 0. The molecule has 0 saturated heterocycles. The van der Waals surface area contributed by atoms with E-state index in [-0.39, 0.29) is 15.7 Å². The van der Waals surface area contributed by atoms with Gasteiger partial charge in [-0.3, -0.25) is 9.63 Å². The minimum absolute atomic E-state index is 0.245. The second kappa shape index (κ2) is 7.91. The highest BCUT2D eigenvalue weighted by Crippen LogP contribution is 2.21. The van der Waals surface area contributed by atoms with Gasteiger partial charge in [0.25, 0.3) is 5.91 Å². The van der Waals surface area contributed by atoms with Crippen molar-refractivity contribution in [2.75, 3.05) is 14.2 Å². The summed E-state index contributed by atoms with van der Waals surface area (Å²) in [6, 6.07) is 8.23. The third-order valence-electron chi connectivity index (χ3n) is 3.16. The van der Waals surface area contributed by atoms with Crippen LogP contribution in [0.2, 0.25) is 0 Å². The van der Waals surface area contributed by atoms with E-state index in [4.69, 9.17) is 4.84 Å². The van der Waals surface area contributed by atoms with E-state index in [0.29, 0.717) is 12.0 Å². The molecule has 0 aliphatic carbocycles. The normalized spacial score (nSPS) is 13.1. The molecule has 0 aliphatic rings. The molecule has 0 aromatic heterocycles. The van der Waals surface area contributed by atoms with Crippen molar-refractivity contribution in [2.45, 2.75) is 25.2 Å². The monoisotopic (exact) mass is 323 g/mol. The summed E-state index contributed by atoms with van der Waals surface area (Å²) in [5.74, 6) is -0.327. The van der Waals surface area contributed by atoms with Crippen LogP contribution in [-0.4, -0.2) is 33.5 Å². The van der Waals surface area contributed by atoms with E-state index in [1.54, 1.807) is 44.2 Å². The second-order valence-corrected chi connectivity index (χ2v) is 6.64. The standard InChI is InChI=1S/C16H21NO4S/c1-5-14(12-11-13(2)16(18)17(3)21-4)22(19,20)15-9-7-6-8-10-15/h6-12H,5H2,1-4H3/b13-11-,14-12+. The van der Waals surface area contributed by atoms with Gasteiger partial charge in [-0.25, -0.2) is 13.5 Å². The zero-order valence-electron chi connectivity index (χ0n) is 13.2. The fourth-order valence-electron chi connectivity index (χ4n) is 1.77. The first kappa shape index (κ1) is 18.1. The zero-order valence-corrected chi connectivity index (χ0v) is 14.1. The Hall–Kier alpha value is -1.92. The fraction of sp³-hybridized carbons (Fsp3) is 0.312. The van der Waals surface area contributed by atoms with E-state index in [9.17, 15) is 13.2 Å². The molecular formula is C16H21NO4S. The predicted molar refractivity (Wildman–Crippen MR) is 85.5 cm³/mol. The van der Waals surface area contributed by atoms with Gasteiger partial charge in [0, 0.05) is 17.5 Å². The van der Waals surface area contributed by atoms with Crippen LogP contribution in [0.25, 0.3) is 0 Å². The molecule has 0 radical (unpaired) electrons. The topological polar surface area (TPSA) is 63.7 Å². The van der Waals surface area contributed by atoms with Crippen molar-refractivity contribution in [2.24, 2.45) is 0 Å². The molecule has 1 rings (SSSR count). The second-order valence-electron chi connectivity index (χ2n) is 4.64. The molecule has 0 N–H and O–H groups in total. The van der Waals surface area contributed by atoms with Crippen molar-refractivity contribution in [1.29, 1.82) is 0 Å². The average Bonchev–Trinajstić information content (AvgIpc) is 2.54.